The molecule has 0 unspecified atom stereocenters. The van der Waals surface area contributed by atoms with Crippen molar-refractivity contribution in [2.24, 2.45) is 5.73 Å². The first kappa shape index (κ1) is 10.9. The molecule has 2 N–H and O–H groups in total. The molecule has 0 spiro atoms. The van der Waals surface area contributed by atoms with E-state index in [0.29, 0.717) is 0 Å². The van der Waals surface area contributed by atoms with Crippen molar-refractivity contribution < 1.29 is 13.5 Å². The van der Waals surface area contributed by atoms with E-state index >= 15 is 0 Å². The molecule has 78 valence electrons. The zero-order valence-corrected chi connectivity index (χ0v) is 7.72. The zero-order valence-electron chi connectivity index (χ0n) is 7.72. The monoisotopic (exact) mass is 193 g/mol. The highest BCUT2D eigenvalue weighted by atomic mass is 19.3. The fourth-order valence-corrected chi connectivity index (χ4v) is 1.58. The van der Waals surface area contributed by atoms with Gasteiger partial charge in [-0.25, -0.2) is 8.78 Å². The van der Waals surface area contributed by atoms with Gasteiger partial charge in [0.2, 0.25) is 6.43 Å². The zero-order chi connectivity index (χ0) is 9.68. The van der Waals surface area contributed by atoms with E-state index < -0.39 is 6.43 Å². The van der Waals surface area contributed by atoms with Crippen molar-refractivity contribution >= 4 is 0 Å². The van der Waals surface area contributed by atoms with Gasteiger partial charge in [-0.05, 0) is 25.7 Å². The molecule has 0 aromatic rings. The van der Waals surface area contributed by atoms with Crippen LogP contribution in [-0.4, -0.2) is 25.2 Å². The lowest BCUT2D eigenvalue weighted by molar-refractivity contribution is 0.000892. The average Bonchev–Trinajstić information content (AvgIpc) is 2.08. The third-order valence-corrected chi connectivity index (χ3v) is 2.41. The Bertz CT molecular complexity index is 136. The number of alkyl halides is 2. The van der Waals surface area contributed by atoms with Crippen LogP contribution in [-0.2, 0) is 4.74 Å². The molecular weight excluding hydrogens is 176 g/mol. The molecule has 0 aromatic carbocycles. The van der Waals surface area contributed by atoms with Crippen LogP contribution in [0.15, 0.2) is 0 Å². The van der Waals surface area contributed by atoms with Gasteiger partial charge < -0.3 is 10.5 Å². The summed E-state index contributed by atoms with van der Waals surface area (Å²) in [5.41, 5.74) is 5.70. The Hall–Kier alpha value is -0.220. The first-order valence-corrected chi connectivity index (χ1v) is 4.84. The highest BCUT2D eigenvalue weighted by Crippen LogP contribution is 2.20. The minimum Gasteiger partial charge on any atom is -0.378 e. The minimum atomic E-state index is -2.24. The van der Waals surface area contributed by atoms with E-state index in [1.807, 2.05) is 0 Å². The Labute approximate surface area is 77.4 Å². The summed E-state index contributed by atoms with van der Waals surface area (Å²) >= 11 is 0. The predicted octanol–water partition coefficient (Wildman–Crippen LogP) is 1.93. The molecule has 1 aliphatic carbocycles. The maximum Gasteiger partial charge on any atom is 0.240 e. The largest absolute Gasteiger partial charge is 0.378 e. The van der Waals surface area contributed by atoms with E-state index in [2.05, 4.69) is 0 Å². The summed E-state index contributed by atoms with van der Waals surface area (Å²) in [6, 6.07) is 0.287. The highest BCUT2D eigenvalue weighted by molar-refractivity contribution is 4.74. The molecule has 1 saturated carbocycles. The predicted molar refractivity (Wildman–Crippen MR) is 46.8 cm³/mol. The van der Waals surface area contributed by atoms with E-state index in [9.17, 15) is 8.78 Å². The number of nitrogens with two attached hydrogens (primary N) is 1. The Kier molecular flexibility index (Phi) is 4.59. The summed E-state index contributed by atoms with van der Waals surface area (Å²) in [6.07, 6.45) is 1.53. The smallest absolute Gasteiger partial charge is 0.240 e. The molecule has 0 aliphatic heterocycles. The van der Waals surface area contributed by atoms with E-state index in [4.69, 9.17) is 10.5 Å². The molecule has 0 heterocycles. The summed E-state index contributed by atoms with van der Waals surface area (Å²) in [5, 5.41) is 0. The van der Waals surface area contributed by atoms with Gasteiger partial charge in [-0.1, -0.05) is 0 Å². The maximum absolute atomic E-state index is 11.8. The van der Waals surface area contributed by atoms with Crippen LogP contribution in [0.1, 0.15) is 32.1 Å². The number of hydrogen-bond acceptors (Lipinski definition) is 2. The molecule has 4 heteroatoms. The lowest BCUT2D eigenvalue weighted by Crippen LogP contribution is -2.30. The first-order valence-electron chi connectivity index (χ1n) is 4.84. The first-order chi connectivity index (χ1) is 6.18. The van der Waals surface area contributed by atoms with Gasteiger partial charge >= 0.3 is 0 Å². The molecule has 0 amide bonds. The van der Waals surface area contributed by atoms with Gasteiger partial charge in [0.25, 0.3) is 0 Å². The number of ether oxygens (including phenoxy) is 1. The van der Waals surface area contributed by atoms with Crippen LogP contribution in [0, 0.1) is 0 Å². The second kappa shape index (κ2) is 5.50. The van der Waals surface area contributed by atoms with Crippen LogP contribution in [0.2, 0.25) is 0 Å². The Morgan fingerprint density at radius 1 is 1.23 bits per heavy atom. The molecule has 0 radical (unpaired) electrons. The van der Waals surface area contributed by atoms with Gasteiger partial charge in [0.15, 0.2) is 0 Å². The number of hydrogen-bond donors (Lipinski definition) is 1. The van der Waals surface area contributed by atoms with E-state index in [-0.39, 0.29) is 25.2 Å². The van der Waals surface area contributed by atoms with Crippen molar-refractivity contribution in [3.8, 4) is 0 Å². The van der Waals surface area contributed by atoms with Gasteiger partial charge in [-0.15, -0.1) is 0 Å². The Balaban J connectivity index is 2.02. The van der Waals surface area contributed by atoms with Crippen LogP contribution in [0.3, 0.4) is 0 Å². The van der Waals surface area contributed by atoms with E-state index in [1.165, 1.54) is 0 Å². The topological polar surface area (TPSA) is 35.2 Å². The lowest BCUT2D eigenvalue weighted by Gasteiger charge is -2.26. The molecule has 1 fully saturated rings. The summed E-state index contributed by atoms with van der Waals surface area (Å²) < 4.78 is 28.8. The van der Waals surface area contributed by atoms with Crippen molar-refractivity contribution in [3.05, 3.63) is 0 Å². The third kappa shape index (κ3) is 4.52. The molecule has 2 nitrogen and oxygen atoms in total. The molecule has 1 rings (SSSR count). The van der Waals surface area contributed by atoms with Crippen molar-refractivity contribution in [2.45, 2.75) is 50.7 Å². The molecule has 13 heavy (non-hydrogen) atoms. The van der Waals surface area contributed by atoms with E-state index in [1.54, 1.807) is 0 Å². The van der Waals surface area contributed by atoms with Crippen molar-refractivity contribution in [1.29, 1.82) is 0 Å². The van der Waals surface area contributed by atoms with Crippen molar-refractivity contribution in [1.82, 2.24) is 0 Å². The van der Waals surface area contributed by atoms with Crippen LogP contribution < -0.4 is 5.73 Å². The molecule has 1 aliphatic rings. The molecule has 0 saturated heterocycles. The maximum atomic E-state index is 11.8. The lowest BCUT2D eigenvalue weighted by atomic mass is 9.94. The molecular formula is C9H17F2NO. The summed E-state index contributed by atoms with van der Waals surface area (Å²) in [5.74, 6) is 0. The normalized spacial score (nSPS) is 29.5. The van der Waals surface area contributed by atoms with Gasteiger partial charge in [0, 0.05) is 12.5 Å². The second-order valence-electron chi connectivity index (χ2n) is 3.59. The minimum absolute atomic E-state index is 0.150. The third-order valence-electron chi connectivity index (χ3n) is 2.41. The molecule has 0 atom stereocenters. The fourth-order valence-electron chi connectivity index (χ4n) is 1.58. The second-order valence-corrected chi connectivity index (χ2v) is 3.59. The van der Waals surface area contributed by atoms with Crippen LogP contribution in [0.25, 0.3) is 0 Å². The average molecular weight is 193 g/mol. The summed E-state index contributed by atoms with van der Waals surface area (Å²) in [4.78, 5) is 0. The molecule has 0 aromatic heterocycles. The summed E-state index contributed by atoms with van der Waals surface area (Å²) in [7, 11) is 0. The Morgan fingerprint density at radius 3 is 2.38 bits per heavy atom. The van der Waals surface area contributed by atoms with E-state index in [0.717, 1.165) is 25.7 Å². The van der Waals surface area contributed by atoms with Gasteiger partial charge in [-0.3, -0.25) is 0 Å². The van der Waals surface area contributed by atoms with Crippen LogP contribution >= 0.6 is 0 Å². The molecule has 0 bridgehead atoms. The number of rotatable bonds is 4. The Morgan fingerprint density at radius 2 is 1.85 bits per heavy atom. The van der Waals surface area contributed by atoms with Crippen LogP contribution in [0.5, 0.6) is 0 Å². The van der Waals surface area contributed by atoms with Gasteiger partial charge in [0.1, 0.15) is 0 Å². The quantitative estimate of drug-likeness (QED) is 0.740. The van der Waals surface area contributed by atoms with Gasteiger partial charge in [0.05, 0.1) is 12.7 Å². The fraction of sp³-hybridized carbons (Fsp3) is 1.00. The highest BCUT2D eigenvalue weighted by Gasteiger charge is 2.18. The van der Waals surface area contributed by atoms with Crippen LogP contribution in [0.4, 0.5) is 8.78 Å². The van der Waals surface area contributed by atoms with Crippen molar-refractivity contribution in [2.75, 3.05) is 6.61 Å². The SMILES string of the molecule is NC1CCC(OCCC(F)F)CC1. The summed E-state index contributed by atoms with van der Waals surface area (Å²) in [6.45, 7) is 0.178. The standard InChI is InChI=1S/C9H17F2NO/c10-9(11)5-6-13-8-3-1-7(12)2-4-8/h7-9H,1-6,12H2. The van der Waals surface area contributed by atoms with Crippen molar-refractivity contribution in [3.63, 3.8) is 0 Å². The van der Waals surface area contributed by atoms with Gasteiger partial charge in [-0.2, -0.15) is 0 Å². The number of halogens is 2.